The van der Waals surface area contributed by atoms with Gasteiger partial charge in [0, 0.05) is 0 Å². The smallest absolute Gasteiger partial charge is 0.193 e. The molecule has 0 bridgehead atoms. The van der Waals surface area contributed by atoms with Gasteiger partial charge in [0.2, 0.25) is 0 Å². The highest BCUT2D eigenvalue weighted by Crippen LogP contribution is 2.28. The molecule has 1 nitrogen and oxygen atoms in total. The summed E-state index contributed by atoms with van der Waals surface area (Å²) in [5.41, 5.74) is 3.51. The summed E-state index contributed by atoms with van der Waals surface area (Å²) >= 11 is 3.94. The monoisotopic (exact) mass is 208 g/mol. The number of thiol groups is 1. The van der Waals surface area contributed by atoms with Gasteiger partial charge in [-0.1, -0.05) is 25.1 Å². The number of carbonyl (C=O) groups is 1. The average Bonchev–Trinajstić information content (AvgIpc) is 2.10. The maximum absolute atomic E-state index is 11.3. The van der Waals surface area contributed by atoms with Gasteiger partial charge in [0.25, 0.3) is 0 Å². The molecule has 0 aliphatic carbocycles. The molecule has 0 aromatic heterocycles. The summed E-state index contributed by atoms with van der Waals surface area (Å²) in [6.45, 7) is 6.11. The highest BCUT2D eigenvalue weighted by molar-refractivity contribution is 7.96. The van der Waals surface area contributed by atoms with E-state index in [4.69, 9.17) is 0 Å². The molecule has 2 heteroatoms. The number of rotatable bonds is 3. The van der Waals surface area contributed by atoms with Crippen LogP contribution in [0.1, 0.15) is 36.0 Å². The number of carbonyl (C=O) groups excluding carboxylic acids is 1. The molecule has 1 aromatic rings. The lowest BCUT2D eigenvalue weighted by atomic mass is 9.90. The molecule has 1 aromatic carbocycles. The summed E-state index contributed by atoms with van der Waals surface area (Å²) in [5.74, 6) is -0.0560. The summed E-state index contributed by atoms with van der Waals surface area (Å²) in [6.07, 6.45) is 0.814. The van der Waals surface area contributed by atoms with Crippen LogP contribution in [-0.4, -0.2) is 5.12 Å². The molecule has 0 saturated heterocycles. The zero-order valence-electron chi connectivity index (χ0n) is 8.87. The van der Waals surface area contributed by atoms with E-state index in [1.165, 1.54) is 11.1 Å². The molecular formula is C12H16OS. The Labute approximate surface area is 90.9 Å². The lowest BCUT2D eigenvalue weighted by Gasteiger charge is -2.16. The molecule has 0 spiro atoms. The molecule has 0 radical (unpaired) electrons. The number of aryl methyl sites for hydroxylation is 2. The summed E-state index contributed by atoms with van der Waals surface area (Å²) in [4.78, 5) is 11.3. The lowest BCUT2D eigenvalue weighted by molar-refractivity contribution is -0.112. The fourth-order valence-electron chi connectivity index (χ4n) is 1.88. The summed E-state index contributed by atoms with van der Waals surface area (Å²) in [7, 11) is 0. The van der Waals surface area contributed by atoms with Gasteiger partial charge in [0.05, 0.1) is 5.92 Å². The first-order chi connectivity index (χ1) is 6.57. The highest BCUT2D eigenvalue weighted by Gasteiger charge is 2.18. The van der Waals surface area contributed by atoms with E-state index >= 15 is 0 Å². The van der Waals surface area contributed by atoms with Crippen LogP contribution in [0.25, 0.3) is 0 Å². The third-order valence-electron chi connectivity index (χ3n) is 2.60. The number of benzene rings is 1. The Bertz CT molecular complexity index is 324. The van der Waals surface area contributed by atoms with Crippen molar-refractivity contribution in [1.29, 1.82) is 0 Å². The number of hydrogen-bond acceptors (Lipinski definition) is 1. The van der Waals surface area contributed by atoms with E-state index in [2.05, 4.69) is 12.6 Å². The molecule has 0 aliphatic rings. The molecule has 0 amide bonds. The predicted octanol–water partition coefficient (Wildman–Crippen LogP) is 3.25. The Kier molecular flexibility index (Phi) is 3.76. The van der Waals surface area contributed by atoms with Crippen molar-refractivity contribution >= 4 is 17.7 Å². The van der Waals surface area contributed by atoms with Gasteiger partial charge in [-0.15, -0.1) is 12.6 Å². The summed E-state index contributed by atoms with van der Waals surface area (Å²) in [6, 6.07) is 6.10. The molecule has 0 aliphatic heterocycles. The van der Waals surface area contributed by atoms with Crippen LogP contribution >= 0.6 is 12.6 Å². The summed E-state index contributed by atoms with van der Waals surface area (Å²) in [5, 5.41) is -0.0371. The average molecular weight is 208 g/mol. The Balaban J connectivity index is 3.22. The van der Waals surface area contributed by atoms with E-state index in [1.54, 1.807) is 0 Å². The normalized spacial score (nSPS) is 12.6. The molecule has 0 fully saturated rings. The quantitative estimate of drug-likeness (QED) is 0.754. The van der Waals surface area contributed by atoms with E-state index in [0.29, 0.717) is 0 Å². The van der Waals surface area contributed by atoms with E-state index in [0.717, 1.165) is 12.0 Å². The van der Waals surface area contributed by atoms with Gasteiger partial charge in [-0.25, -0.2) is 0 Å². The van der Waals surface area contributed by atoms with Crippen molar-refractivity contribution in [3.8, 4) is 0 Å². The molecule has 0 heterocycles. The highest BCUT2D eigenvalue weighted by atomic mass is 32.1. The van der Waals surface area contributed by atoms with Gasteiger partial charge in [0.1, 0.15) is 0 Å². The van der Waals surface area contributed by atoms with E-state index in [9.17, 15) is 4.79 Å². The first kappa shape index (κ1) is 11.3. The van der Waals surface area contributed by atoms with Crippen LogP contribution in [0.3, 0.4) is 0 Å². The Morgan fingerprint density at radius 2 is 1.86 bits per heavy atom. The third-order valence-corrected chi connectivity index (χ3v) is 2.91. The Morgan fingerprint density at radius 3 is 2.21 bits per heavy atom. The molecule has 76 valence electrons. The first-order valence-corrected chi connectivity index (χ1v) is 5.31. The van der Waals surface area contributed by atoms with Crippen molar-refractivity contribution in [2.75, 3.05) is 0 Å². The molecule has 0 saturated carbocycles. The number of hydrogen-bond donors (Lipinski definition) is 1. The van der Waals surface area contributed by atoms with Crippen LogP contribution < -0.4 is 0 Å². The zero-order valence-corrected chi connectivity index (χ0v) is 9.77. The predicted molar refractivity (Wildman–Crippen MR) is 62.9 cm³/mol. The van der Waals surface area contributed by atoms with Crippen molar-refractivity contribution in [2.24, 2.45) is 0 Å². The van der Waals surface area contributed by atoms with E-state index in [-0.39, 0.29) is 11.0 Å². The molecule has 14 heavy (non-hydrogen) atoms. The molecular weight excluding hydrogens is 192 g/mol. The SMILES string of the molecule is CCC(C(=O)S)c1c(C)cccc1C. The lowest BCUT2D eigenvalue weighted by Crippen LogP contribution is -2.09. The second-order valence-electron chi connectivity index (χ2n) is 3.60. The van der Waals surface area contributed by atoms with Crippen molar-refractivity contribution in [3.63, 3.8) is 0 Å². The van der Waals surface area contributed by atoms with Gasteiger partial charge >= 0.3 is 0 Å². The maximum Gasteiger partial charge on any atom is 0.193 e. The topological polar surface area (TPSA) is 17.1 Å². The standard InChI is InChI=1S/C12H16OS/c1-4-10(12(13)14)11-8(2)6-5-7-9(11)3/h5-7,10H,4H2,1-3H3,(H,13,14). The third kappa shape index (κ3) is 2.18. The fraction of sp³-hybridized carbons (Fsp3) is 0.417. The summed E-state index contributed by atoms with van der Waals surface area (Å²) < 4.78 is 0. The maximum atomic E-state index is 11.3. The Morgan fingerprint density at radius 1 is 1.36 bits per heavy atom. The van der Waals surface area contributed by atoms with Crippen LogP contribution in [0.15, 0.2) is 18.2 Å². The largest absolute Gasteiger partial charge is 0.287 e. The van der Waals surface area contributed by atoms with Crippen LogP contribution in [0.2, 0.25) is 0 Å². The van der Waals surface area contributed by atoms with Crippen molar-refractivity contribution in [3.05, 3.63) is 34.9 Å². The second-order valence-corrected chi connectivity index (χ2v) is 4.05. The minimum Gasteiger partial charge on any atom is -0.287 e. The van der Waals surface area contributed by atoms with Gasteiger partial charge in [0.15, 0.2) is 5.12 Å². The Hall–Kier alpha value is -0.760. The van der Waals surface area contributed by atoms with Crippen LogP contribution in [-0.2, 0) is 4.79 Å². The molecule has 1 rings (SSSR count). The van der Waals surface area contributed by atoms with Crippen LogP contribution in [0.4, 0.5) is 0 Å². The van der Waals surface area contributed by atoms with Crippen molar-refractivity contribution in [1.82, 2.24) is 0 Å². The fourth-order valence-corrected chi connectivity index (χ4v) is 2.19. The van der Waals surface area contributed by atoms with Crippen molar-refractivity contribution in [2.45, 2.75) is 33.1 Å². The van der Waals surface area contributed by atoms with Crippen LogP contribution in [0, 0.1) is 13.8 Å². The minimum absolute atomic E-state index is 0.0371. The van der Waals surface area contributed by atoms with Crippen molar-refractivity contribution < 1.29 is 4.79 Å². The molecule has 0 N–H and O–H groups in total. The van der Waals surface area contributed by atoms with E-state index in [1.807, 2.05) is 39.0 Å². The molecule has 1 atom stereocenters. The molecule has 1 unspecified atom stereocenters. The van der Waals surface area contributed by atoms with Gasteiger partial charge in [-0.2, -0.15) is 0 Å². The van der Waals surface area contributed by atoms with Gasteiger partial charge < -0.3 is 0 Å². The van der Waals surface area contributed by atoms with Crippen LogP contribution in [0.5, 0.6) is 0 Å². The van der Waals surface area contributed by atoms with Gasteiger partial charge in [-0.3, -0.25) is 4.79 Å². The minimum atomic E-state index is -0.0560. The van der Waals surface area contributed by atoms with Gasteiger partial charge in [-0.05, 0) is 37.0 Å². The second kappa shape index (κ2) is 4.65. The zero-order chi connectivity index (χ0) is 10.7. The first-order valence-electron chi connectivity index (χ1n) is 4.86. The van der Waals surface area contributed by atoms with E-state index < -0.39 is 0 Å².